The molecule has 2 atom stereocenters. The van der Waals surface area contributed by atoms with Crippen LogP contribution in [0.25, 0.3) is 11.1 Å². The van der Waals surface area contributed by atoms with Gasteiger partial charge < -0.3 is 25.0 Å². The molecule has 0 aromatic heterocycles. The summed E-state index contributed by atoms with van der Waals surface area (Å²) < 4.78 is 26.4. The first-order valence-electron chi connectivity index (χ1n) is 13.8. The second kappa shape index (κ2) is 12.6. The molecule has 2 fully saturated rings. The Morgan fingerprint density at radius 2 is 1.58 bits per heavy atom. The average Bonchev–Trinajstić information content (AvgIpc) is 3.44. The Morgan fingerprint density at radius 3 is 2.18 bits per heavy atom. The second-order valence-corrected chi connectivity index (χ2v) is 10.8. The van der Waals surface area contributed by atoms with Gasteiger partial charge in [0.25, 0.3) is 0 Å². The predicted molar refractivity (Wildman–Crippen MR) is 145 cm³/mol. The lowest BCUT2D eigenvalue weighted by Crippen LogP contribution is -2.43. The summed E-state index contributed by atoms with van der Waals surface area (Å²) in [6.07, 6.45) is 3.56. The van der Waals surface area contributed by atoms with Gasteiger partial charge in [0.1, 0.15) is 11.6 Å². The van der Waals surface area contributed by atoms with Crippen LogP contribution in [-0.4, -0.2) is 66.2 Å². The highest BCUT2D eigenvalue weighted by Crippen LogP contribution is 2.28. The van der Waals surface area contributed by atoms with E-state index in [2.05, 4.69) is 6.92 Å². The summed E-state index contributed by atoms with van der Waals surface area (Å²) in [6.45, 7) is 8.58. The van der Waals surface area contributed by atoms with Crippen LogP contribution in [0.15, 0.2) is 42.5 Å². The molecular formula is C30H40FN3O4. The van der Waals surface area contributed by atoms with Gasteiger partial charge in [-0.15, -0.1) is 0 Å². The van der Waals surface area contributed by atoms with E-state index in [0.29, 0.717) is 24.6 Å². The molecule has 2 aromatic rings. The lowest BCUT2D eigenvalue weighted by molar-refractivity contribution is -0.131. The third kappa shape index (κ3) is 7.04. The highest BCUT2D eigenvalue weighted by Gasteiger charge is 2.28. The number of amides is 2. The van der Waals surface area contributed by atoms with Crippen molar-refractivity contribution in [1.82, 2.24) is 9.80 Å². The fraction of sp³-hybridized carbons (Fsp3) is 0.533. The molecule has 2 aliphatic rings. The van der Waals surface area contributed by atoms with E-state index in [9.17, 15) is 14.0 Å². The maximum absolute atomic E-state index is 14.9. The molecule has 0 saturated carbocycles. The van der Waals surface area contributed by atoms with Crippen LogP contribution in [0.1, 0.15) is 52.0 Å². The summed E-state index contributed by atoms with van der Waals surface area (Å²) in [6, 6.07) is 12.0. The summed E-state index contributed by atoms with van der Waals surface area (Å²) in [7, 11) is 0. The van der Waals surface area contributed by atoms with Crippen LogP contribution in [0.3, 0.4) is 0 Å². The van der Waals surface area contributed by atoms with E-state index in [4.69, 9.17) is 15.2 Å². The summed E-state index contributed by atoms with van der Waals surface area (Å²) in [5.41, 5.74) is 8.18. The van der Waals surface area contributed by atoms with Crippen molar-refractivity contribution in [1.29, 1.82) is 0 Å². The molecule has 2 heterocycles. The van der Waals surface area contributed by atoms with Crippen LogP contribution in [0.2, 0.25) is 0 Å². The van der Waals surface area contributed by atoms with E-state index in [0.717, 1.165) is 55.6 Å². The molecule has 2 amide bonds. The Hall–Kier alpha value is -3.13. The normalized spacial score (nSPS) is 17.9. The van der Waals surface area contributed by atoms with Gasteiger partial charge in [0, 0.05) is 26.2 Å². The highest BCUT2D eigenvalue weighted by atomic mass is 19.1. The molecule has 0 spiro atoms. The summed E-state index contributed by atoms with van der Waals surface area (Å²) in [5.74, 6) is 0.647. The third-order valence-corrected chi connectivity index (χ3v) is 7.54. The molecule has 2 aromatic carbocycles. The summed E-state index contributed by atoms with van der Waals surface area (Å²) in [5, 5.41) is 0. The standard InChI is InChI=1S/C30H40FN3O4/c1-20(2)37-30(36)34-16-12-22(13-17-34)21(3)38-26-10-8-23(9-11-26)24-6-7-25(27(31)18-24)19-28(32)29(35)33-14-4-5-15-33/h6-11,18,20-22,28H,4-5,12-17,19,32H2,1-3H3. The molecule has 0 aliphatic carbocycles. The summed E-state index contributed by atoms with van der Waals surface area (Å²) >= 11 is 0. The summed E-state index contributed by atoms with van der Waals surface area (Å²) in [4.78, 5) is 28.1. The molecule has 2 aliphatic heterocycles. The Labute approximate surface area is 225 Å². The highest BCUT2D eigenvalue weighted by molar-refractivity contribution is 5.82. The average molecular weight is 526 g/mol. The first-order chi connectivity index (χ1) is 18.2. The molecular weight excluding hydrogens is 485 g/mol. The maximum atomic E-state index is 14.9. The van der Waals surface area contributed by atoms with Crippen LogP contribution in [0, 0.1) is 11.7 Å². The van der Waals surface area contributed by atoms with Crippen LogP contribution in [0.4, 0.5) is 9.18 Å². The number of hydrogen-bond donors (Lipinski definition) is 1. The van der Waals surface area contributed by atoms with Crippen LogP contribution in [0.5, 0.6) is 5.75 Å². The van der Waals surface area contributed by atoms with E-state index in [1.165, 1.54) is 6.07 Å². The van der Waals surface area contributed by atoms with Crippen LogP contribution < -0.4 is 10.5 Å². The Morgan fingerprint density at radius 1 is 0.947 bits per heavy atom. The first-order valence-corrected chi connectivity index (χ1v) is 13.8. The zero-order chi connectivity index (χ0) is 27.2. The van der Waals surface area contributed by atoms with Gasteiger partial charge in [0.05, 0.1) is 18.2 Å². The van der Waals surface area contributed by atoms with Gasteiger partial charge in [-0.3, -0.25) is 4.79 Å². The van der Waals surface area contributed by atoms with Crippen molar-refractivity contribution in [2.24, 2.45) is 11.7 Å². The number of hydrogen-bond acceptors (Lipinski definition) is 5. The van der Waals surface area contributed by atoms with Gasteiger partial charge in [-0.05, 0) is 93.7 Å². The van der Waals surface area contributed by atoms with Gasteiger partial charge in [0.15, 0.2) is 0 Å². The molecule has 0 bridgehead atoms. The van der Waals surface area contributed by atoms with E-state index < -0.39 is 6.04 Å². The molecule has 2 saturated heterocycles. The lowest BCUT2D eigenvalue weighted by Gasteiger charge is -2.34. The molecule has 38 heavy (non-hydrogen) atoms. The Bertz CT molecular complexity index is 1090. The van der Waals surface area contributed by atoms with Gasteiger partial charge in [0.2, 0.25) is 5.91 Å². The smallest absolute Gasteiger partial charge is 0.410 e. The number of benzene rings is 2. The largest absolute Gasteiger partial charge is 0.490 e. The number of rotatable bonds is 8. The number of piperidine rings is 1. The fourth-order valence-electron chi connectivity index (χ4n) is 5.25. The van der Waals surface area contributed by atoms with Crippen molar-refractivity contribution in [2.45, 2.75) is 71.1 Å². The minimum Gasteiger partial charge on any atom is -0.490 e. The number of likely N-dealkylation sites (tertiary alicyclic amines) is 2. The van der Waals surface area contributed by atoms with Crippen molar-refractivity contribution in [2.75, 3.05) is 26.2 Å². The second-order valence-electron chi connectivity index (χ2n) is 10.8. The quantitative estimate of drug-likeness (QED) is 0.524. The molecule has 206 valence electrons. The minimum absolute atomic E-state index is 0.00771. The molecule has 7 nitrogen and oxygen atoms in total. The van der Waals surface area contributed by atoms with Crippen molar-refractivity contribution in [3.63, 3.8) is 0 Å². The van der Waals surface area contributed by atoms with Crippen LogP contribution >= 0.6 is 0 Å². The van der Waals surface area contributed by atoms with E-state index in [1.807, 2.05) is 44.2 Å². The number of carbonyl (C=O) groups excluding carboxylic acids is 2. The van der Waals surface area contributed by atoms with Crippen molar-refractivity contribution in [3.8, 4) is 16.9 Å². The minimum atomic E-state index is -0.729. The van der Waals surface area contributed by atoms with Crippen molar-refractivity contribution < 1.29 is 23.5 Å². The third-order valence-electron chi connectivity index (χ3n) is 7.54. The number of ether oxygens (including phenoxy) is 2. The van der Waals surface area contributed by atoms with E-state index in [1.54, 1.807) is 15.9 Å². The molecule has 0 radical (unpaired) electrons. The van der Waals surface area contributed by atoms with Gasteiger partial charge in [-0.1, -0.05) is 24.3 Å². The van der Waals surface area contributed by atoms with Gasteiger partial charge >= 0.3 is 6.09 Å². The molecule has 4 rings (SSSR count). The molecule has 8 heteroatoms. The number of nitrogens with two attached hydrogens (primary N) is 1. The fourth-order valence-corrected chi connectivity index (χ4v) is 5.25. The number of halogens is 1. The maximum Gasteiger partial charge on any atom is 0.410 e. The SMILES string of the molecule is CC(C)OC(=O)N1CCC(C(C)Oc2ccc(-c3ccc(CC(N)C(=O)N4CCCC4)c(F)c3)cc2)CC1. The Balaban J connectivity index is 1.29. The zero-order valence-electron chi connectivity index (χ0n) is 22.7. The predicted octanol–water partition coefficient (Wildman–Crippen LogP) is 5.01. The van der Waals surface area contributed by atoms with E-state index in [-0.39, 0.29) is 36.4 Å². The Kier molecular flexibility index (Phi) is 9.26. The van der Waals surface area contributed by atoms with Crippen molar-refractivity contribution in [3.05, 3.63) is 53.8 Å². The topological polar surface area (TPSA) is 85.1 Å². The molecule has 2 unspecified atom stereocenters. The zero-order valence-corrected chi connectivity index (χ0v) is 22.7. The van der Waals surface area contributed by atoms with Crippen LogP contribution in [-0.2, 0) is 16.0 Å². The number of carbonyl (C=O) groups is 2. The van der Waals surface area contributed by atoms with Crippen molar-refractivity contribution >= 4 is 12.0 Å². The first kappa shape index (κ1) is 27.9. The lowest BCUT2D eigenvalue weighted by atomic mass is 9.92. The monoisotopic (exact) mass is 525 g/mol. The molecule has 2 N–H and O–H groups in total. The van der Waals surface area contributed by atoms with E-state index >= 15 is 0 Å². The van der Waals surface area contributed by atoms with Gasteiger partial charge in [-0.2, -0.15) is 0 Å². The number of nitrogens with zero attached hydrogens (tertiary/aromatic N) is 2. The van der Waals surface area contributed by atoms with Gasteiger partial charge in [-0.25, -0.2) is 9.18 Å².